The van der Waals surface area contributed by atoms with E-state index in [2.05, 4.69) is 10.0 Å². The molecule has 0 saturated carbocycles. The molecule has 0 spiro atoms. The molecular formula is C18H25ClN2O6S. The highest BCUT2D eigenvalue weighted by Gasteiger charge is 2.24. The van der Waals surface area contributed by atoms with Crippen LogP contribution < -0.4 is 10.0 Å². The van der Waals surface area contributed by atoms with Gasteiger partial charge in [0.05, 0.1) is 16.7 Å². The zero-order valence-electron chi connectivity index (χ0n) is 15.9. The van der Waals surface area contributed by atoms with Gasteiger partial charge in [-0.3, -0.25) is 4.79 Å². The molecule has 1 saturated heterocycles. The normalized spacial score (nSPS) is 17.9. The summed E-state index contributed by atoms with van der Waals surface area (Å²) in [5.74, 6) is -1.24. The number of ether oxygens (including phenoxy) is 2. The molecule has 1 aromatic rings. The van der Waals surface area contributed by atoms with Crippen LogP contribution in [0.25, 0.3) is 0 Å². The minimum absolute atomic E-state index is 0.0155. The summed E-state index contributed by atoms with van der Waals surface area (Å²) in [4.78, 5) is 23.7. The van der Waals surface area contributed by atoms with Gasteiger partial charge in [-0.05, 0) is 44.4 Å². The van der Waals surface area contributed by atoms with Crippen molar-refractivity contribution in [2.45, 2.75) is 50.2 Å². The molecule has 1 amide bonds. The second-order valence-corrected chi connectivity index (χ2v) is 8.73. The fraction of sp³-hybridized carbons (Fsp3) is 0.556. The Morgan fingerprint density at radius 3 is 2.79 bits per heavy atom. The number of benzene rings is 1. The first-order valence-corrected chi connectivity index (χ1v) is 11.0. The number of halogens is 1. The van der Waals surface area contributed by atoms with Crippen LogP contribution in [0.5, 0.6) is 0 Å². The molecule has 156 valence electrons. The largest absolute Gasteiger partial charge is 0.452 e. The van der Waals surface area contributed by atoms with Gasteiger partial charge in [-0.25, -0.2) is 17.9 Å². The van der Waals surface area contributed by atoms with Gasteiger partial charge in [0.25, 0.3) is 5.91 Å². The minimum atomic E-state index is -3.93. The summed E-state index contributed by atoms with van der Waals surface area (Å²) in [5, 5.41) is 2.65. The van der Waals surface area contributed by atoms with E-state index in [9.17, 15) is 18.0 Å². The van der Waals surface area contributed by atoms with Crippen LogP contribution in [0.2, 0.25) is 5.02 Å². The van der Waals surface area contributed by atoms with Crippen LogP contribution in [0.15, 0.2) is 23.1 Å². The Hall–Kier alpha value is -1.68. The Morgan fingerprint density at radius 1 is 1.39 bits per heavy atom. The third-order valence-electron chi connectivity index (χ3n) is 4.34. The van der Waals surface area contributed by atoms with Gasteiger partial charge >= 0.3 is 5.97 Å². The molecule has 8 nitrogen and oxygen atoms in total. The van der Waals surface area contributed by atoms with Crippen LogP contribution in [0.4, 0.5) is 0 Å². The molecule has 1 fully saturated rings. The van der Waals surface area contributed by atoms with Crippen molar-refractivity contribution in [1.29, 1.82) is 0 Å². The number of esters is 1. The predicted octanol–water partition coefficient (Wildman–Crippen LogP) is 1.87. The molecular weight excluding hydrogens is 408 g/mol. The van der Waals surface area contributed by atoms with Crippen LogP contribution >= 0.6 is 11.6 Å². The smallest absolute Gasteiger partial charge is 0.338 e. The Bertz CT molecular complexity index is 808. The van der Waals surface area contributed by atoms with Crippen LogP contribution in [-0.4, -0.2) is 52.2 Å². The van der Waals surface area contributed by atoms with Crippen molar-refractivity contribution in [3.8, 4) is 0 Å². The highest BCUT2D eigenvalue weighted by Crippen LogP contribution is 2.23. The van der Waals surface area contributed by atoms with Crippen LogP contribution in [0.1, 0.15) is 43.5 Å². The first kappa shape index (κ1) is 22.6. The quantitative estimate of drug-likeness (QED) is 0.576. The number of hydrogen-bond acceptors (Lipinski definition) is 6. The average molecular weight is 433 g/mol. The maximum absolute atomic E-state index is 12.5. The topological polar surface area (TPSA) is 111 Å². The number of carbonyl (C=O) groups excluding carboxylic acids is 2. The Balaban J connectivity index is 2.02. The summed E-state index contributed by atoms with van der Waals surface area (Å²) in [5.41, 5.74) is -0.0155. The summed E-state index contributed by atoms with van der Waals surface area (Å²) in [6.07, 6.45) is 2.24. The van der Waals surface area contributed by atoms with E-state index >= 15 is 0 Å². The van der Waals surface area contributed by atoms with Gasteiger partial charge in [-0.1, -0.05) is 18.5 Å². The monoisotopic (exact) mass is 432 g/mol. The summed E-state index contributed by atoms with van der Waals surface area (Å²) < 4.78 is 37.9. The number of rotatable bonds is 9. The van der Waals surface area contributed by atoms with E-state index in [1.54, 1.807) is 0 Å². The molecule has 2 rings (SSSR count). The number of carbonyl (C=O) groups is 2. The number of nitrogens with one attached hydrogen (secondary N) is 2. The fourth-order valence-corrected chi connectivity index (χ4v) is 4.14. The maximum Gasteiger partial charge on any atom is 0.338 e. The van der Waals surface area contributed by atoms with Gasteiger partial charge < -0.3 is 14.8 Å². The van der Waals surface area contributed by atoms with Crippen LogP contribution in [0, 0.1) is 0 Å². The molecule has 1 aromatic carbocycles. The maximum atomic E-state index is 12.5. The molecule has 0 bridgehead atoms. The lowest BCUT2D eigenvalue weighted by Gasteiger charge is -2.13. The Morgan fingerprint density at radius 2 is 2.14 bits per heavy atom. The minimum Gasteiger partial charge on any atom is -0.452 e. The van der Waals surface area contributed by atoms with Gasteiger partial charge in [0.2, 0.25) is 10.0 Å². The molecule has 2 atom stereocenters. The van der Waals surface area contributed by atoms with E-state index in [0.717, 1.165) is 25.3 Å². The van der Waals surface area contributed by atoms with Crippen molar-refractivity contribution in [2.75, 3.05) is 19.8 Å². The van der Waals surface area contributed by atoms with Gasteiger partial charge in [0.15, 0.2) is 6.61 Å². The molecule has 10 heteroatoms. The first-order valence-electron chi connectivity index (χ1n) is 9.10. The van der Waals surface area contributed by atoms with E-state index in [0.29, 0.717) is 6.61 Å². The molecule has 0 aliphatic carbocycles. The SMILES string of the molecule is CC[C@@H](C)NC(=O)COC(=O)c1ccc(Cl)c(S(=O)(=O)NC[C@H]2CCCO2)c1. The van der Waals surface area contributed by atoms with Gasteiger partial charge in [-0.2, -0.15) is 0 Å². The molecule has 28 heavy (non-hydrogen) atoms. The molecule has 0 unspecified atom stereocenters. The second-order valence-electron chi connectivity index (χ2n) is 6.59. The van der Waals surface area contributed by atoms with Gasteiger partial charge in [0.1, 0.15) is 4.90 Å². The lowest BCUT2D eigenvalue weighted by molar-refractivity contribution is -0.124. The second kappa shape index (κ2) is 10.2. The third-order valence-corrected chi connectivity index (χ3v) is 6.24. The molecule has 2 N–H and O–H groups in total. The van der Waals surface area contributed by atoms with Gasteiger partial charge in [0, 0.05) is 19.2 Å². The van der Waals surface area contributed by atoms with Crippen molar-refractivity contribution < 1.29 is 27.5 Å². The molecule has 1 aliphatic heterocycles. The number of sulfonamides is 1. The summed E-state index contributed by atoms with van der Waals surface area (Å²) in [6, 6.07) is 3.75. The zero-order valence-corrected chi connectivity index (χ0v) is 17.4. The first-order chi connectivity index (χ1) is 13.2. The van der Waals surface area contributed by atoms with Crippen LogP contribution in [-0.2, 0) is 24.3 Å². The lowest BCUT2D eigenvalue weighted by atomic mass is 10.2. The van der Waals surface area contributed by atoms with E-state index in [4.69, 9.17) is 21.1 Å². The summed E-state index contributed by atoms with van der Waals surface area (Å²) in [7, 11) is -3.93. The highest BCUT2D eigenvalue weighted by atomic mass is 35.5. The summed E-state index contributed by atoms with van der Waals surface area (Å²) in [6.45, 7) is 4.03. The lowest BCUT2D eigenvalue weighted by Crippen LogP contribution is -2.35. The van der Waals surface area contributed by atoms with E-state index < -0.39 is 28.5 Å². The van der Waals surface area contributed by atoms with Crippen molar-refractivity contribution in [3.63, 3.8) is 0 Å². The zero-order chi connectivity index (χ0) is 20.7. The van der Waals surface area contributed by atoms with Crippen LogP contribution in [0.3, 0.4) is 0 Å². The fourth-order valence-electron chi connectivity index (χ4n) is 2.55. The van der Waals surface area contributed by atoms with E-state index in [1.807, 2.05) is 13.8 Å². The molecule has 0 aromatic heterocycles. The molecule has 0 radical (unpaired) electrons. The highest BCUT2D eigenvalue weighted by molar-refractivity contribution is 7.89. The summed E-state index contributed by atoms with van der Waals surface area (Å²) >= 11 is 6.01. The Kier molecular flexibility index (Phi) is 8.23. The average Bonchev–Trinajstić information content (AvgIpc) is 3.18. The van der Waals surface area contributed by atoms with Crippen molar-refractivity contribution >= 4 is 33.5 Å². The molecule has 1 heterocycles. The van der Waals surface area contributed by atoms with Crippen molar-refractivity contribution in [3.05, 3.63) is 28.8 Å². The van der Waals surface area contributed by atoms with Crippen molar-refractivity contribution in [2.24, 2.45) is 0 Å². The van der Waals surface area contributed by atoms with Crippen molar-refractivity contribution in [1.82, 2.24) is 10.0 Å². The van der Waals surface area contributed by atoms with Gasteiger partial charge in [-0.15, -0.1) is 0 Å². The van der Waals surface area contributed by atoms with E-state index in [1.165, 1.54) is 12.1 Å². The predicted molar refractivity (Wildman–Crippen MR) is 104 cm³/mol. The molecule has 1 aliphatic rings. The van der Waals surface area contributed by atoms with E-state index in [-0.39, 0.29) is 34.2 Å². The standard InChI is InChI=1S/C18H25ClN2O6S/c1-3-12(2)21-17(22)11-27-18(23)13-6-7-15(19)16(9-13)28(24,25)20-10-14-5-4-8-26-14/h6-7,9,12,14,20H,3-5,8,10-11H2,1-2H3,(H,21,22)/t12-,14-/m1/s1. The number of hydrogen-bond donors (Lipinski definition) is 2. The number of amides is 1. The third kappa shape index (κ3) is 6.44. The Labute approximate surface area is 170 Å².